The second kappa shape index (κ2) is 8.78. The molecule has 0 spiro atoms. The third-order valence-electron chi connectivity index (χ3n) is 5.81. The van der Waals surface area contributed by atoms with Crippen LogP contribution < -0.4 is 5.63 Å². The predicted molar refractivity (Wildman–Crippen MR) is 108 cm³/mol. The second-order valence-electron chi connectivity index (χ2n) is 7.78. The molecule has 2 saturated heterocycles. The van der Waals surface area contributed by atoms with Crippen molar-refractivity contribution in [2.45, 2.75) is 25.7 Å². The topological polar surface area (TPSA) is 80.1 Å². The average Bonchev–Trinajstić information content (AvgIpc) is 2.77. The van der Waals surface area contributed by atoms with E-state index in [1.165, 1.54) is 0 Å². The highest BCUT2D eigenvalue weighted by atomic mass is 16.5. The first-order chi connectivity index (χ1) is 14.1. The lowest BCUT2D eigenvalue weighted by atomic mass is 9.92. The second-order valence-corrected chi connectivity index (χ2v) is 7.78. The molecule has 0 N–H and O–H groups in total. The molecule has 0 radical (unpaired) electrons. The first-order valence-electron chi connectivity index (χ1n) is 10.3. The smallest absolute Gasteiger partial charge is 0.349 e. The van der Waals surface area contributed by atoms with Gasteiger partial charge >= 0.3 is 5.63 Å². The number of carbonyl (C=O) groups excluding carboxylic acids is 2. The van der Waals surface area contributed by atoms with Crippen LogP contribution in [-0.2, 0) is 9.53 Å². The molecule has 29 heavy (non-hydrogen) atoms. The zero-order valence-corrected chi connectivity index (χ0v) is 16.5. The van der Waals surface area contributed by atoms with Crippen LogP contribution in [0.5, 0.6) is 0 Å². The number of para-hydroxylation sites is 1. The Morgan fingerprint density at radius 3 is 2.69 bits per heavy atom. The van der Waals surface area contributed by atoms with E-state index in [9.17, 15) is 14.4 Å². The van der Waals surface area contributed by atoms with E-state index in [2.05, 4.69) is 0 Å². The van der Waals surface area contributed by atoms with Crippen molar-refractivity contribution in [1.29, 1.82) is 0 Å². The Bertz CT molecular complexity index is 948. The molecular formula is C22H26N2O5. The van der Waals surface area contributed by atoms with Gasteiger partial charge in [0.15, 0.2) is 0 Å². The molecule has 2 aliphatic heterocycles. The van der Waals surface area contributed by atoms with E-state index in [0.717, 1.165) is 24.6 Å². The summed E-state index contributed by atoms with van der Waals surface area (Å²) in [5.41, 5.74) is -0.0424. The van der Waals surface area contributed by atoms with Crippen molar-refractivity contribution in [3.63, 3.8) is 0 Å². The van der Waals surface area contributed by atoms with Crippen LogP contribution in [0.25, 0.3) is 11.0 Å². The number of likely N-dealkylation sites (tertiary alicyclic amines) is 1. The van der Waals surface area contributed by atoms with Crippen molar-refractivity contribution < 1.29 is 18.7 Å². The van der Waals surface area contributed by atoms with Gasteiger partial charge in [0.05, 0.1) is 13.2 Å². The van der Waals surface area contributed by atoms with Crippen molar-refractivity contribution in [1.82, 2.24) is 9.80 Å². The summed E-state index contributed by atoms with van der Waals surface area (Å²) in [5.74, 6) is 0.144. The van der Waals surface area contributed by atoms with Gasteiger partial charge in [-0.25, -0.2) is 4.79 Å². The number of ether oxygens (including phenoxy) is 1. The maximum absolute atomic E-state index is 13.0. The summed E-state index contributed by atoms with van der Waals surface area (Å²) in [5, 5.41) is 0.736. The summed E-state index contributed by atoms with van der Waals surface area (Å²) in [6.07, 6.45) is 3.12. The van der Waals surface area contributed by atoms with Crippen LogP contribution in [0.2, 0.25) is 0 Å². The molecule has 2 amide bonds. The lowest BCUT2D eigenvalue weighted by Gasteiger charge is -2.33. The molecule has 1 aromatic heterocycles. The van der Waals surface area contributed by atoms with Crippen LogP contribution in [0.1, 0.15) is 36.0 Å². The Morgan fingerprint density at radius 2 is 1.86 bits per heavy atom. The first kappa shape index (κ1) is 19.6. The van der Waals surface area contributed by atoms with E-state index in [4.69, 9.17) is 9.15 Å². The molecule has 0 saturated carbocycles. The van der Waals surface area contributed by atoms with E-state index in [1.807, 2.05) is 17.0 Å². The van der Waals surface area contributed by atoms with Gasteiger partial charge in [-0.1, -0.05) is 18.2 Å². The van der Waals surface area contributed by atoms with Crippen molar-refractivity contribution >= 4 is 22.8 Å². The minimum Gasteiger partial charge on any atom is -0.422 e. The van der Waals surface area contributed by atoms with Gasteiger partial charge in [0.2, 0.25) is 5.91 Å². The molecule has 1 atom stereocenters. The largest absolute Gasteiger partial charge is 0.422 e. The predicted octanol–water partition coefficient (Wildman–Crippen LogP) is 2.28. The van der Waals surface area contributed by atoms with Crippen LogP contribution >= 0.6 is 0 Å². The third kappa shape index (κ3) is 4.50. The van der Waals surface area contributed by atoms with Gasteiger partial charge in [-0.3, -0.25) is 9.59 Å². The van der Waals surface area contributed by atoms with Crippen LogP contribution in [0, 0.1) is 5.92 Å². The maximum atomic E-state index is 13.0. The molecule has 2 aromatic rings. The van der Waals surface area contributed by atoms with E-state index in [-0.39, 0.29) is 23.3 Å². The Hall–Kier alpha value is -2.67. The summed E-state index contributed by atoms with van der Waals surface area (Å²) in [4.78, 5) is 41.3. The summed E-state index contributed by atoms with van der Waals surface area (Å²) in [7, 11) is 0. The van der Waals surface area contributed by atoms with E-state index >= 15 is 0 Å². The summed E-state index contributed by atoms with van der Waals surface area (Å²) in [6.45, 7) is 3.72. The molecule has 4 rings (SSSR count). The Balaban J connectivity index is 1.39. The number of amides is 2. The fraction of sp³-hybridized carbons (Fsp3) is 0.500. The molecule has 2 fully saturated rings. The standard InChI is InChI=1S/C22H26N2O5/c25-20(23-10-12-28-13-11-23)8-7-16-4-3-9-24(15-16)21(26)18-14-17-5-1-2-6-19(17)29-22(18)27/h1-2,5-6,14,16H,3-4,7-13,15H2/t16-/m1/s1. The van der Waals surface area contributed by atoms with Gasteiger partial charge in [0.1, 0.15) is 11.1 Å². The molecule has 154 valence electrons. The average molecular weight is 398 g/mol. The van der Waals surface area contributed by atoms with Crippen LogP contribution in [0.4, 0.5) is 0 Å². The number of fused-ring (bicyclic) bond motifs is 1. The SMILES string of the molecule is O=C(CC[C@H]1CCCN(C(=O)c2cc3ccccc3oc2=O)C1)N1CCOCC1. The van der Waals surface area contributed by atoms with Gasteiger partial charge in [-0.2, -0.15) is 0 Å². The highest BCUT2D eigenvalue weighted by molar-refractivity contribution is 5.96. The van der Waals surface area contributed by atoms with Crippen molar-refractivity contribution in [3.8, 4) is 0 Å². The van der Waals surface area contributed by atoms with Crippen molar-refractivity contribution in [2.24, 2.45) is 5.92 Å². The van der Waals surface area contributed by atoms with Gasteiger partial charge < -0.3 is 19.0 Å². The van der Waals surface area contributed by atoms with E-state index in [1.54, 1.807) is 23.1 Å². The van der Waals surface area contributed by atoms with Crippen molar-refractivity contribution in [2.75, 3.05) is 39.4 Å². The molecule has 0 bridgehead atoms. The first-order valence-corrected chi connectivity index (χ1v) is 10.3. The molecular weight excluding hydrogens is 372 g/mol. The highest BCUT2D eigenvalue weighted by Gasteiger charge is 2.27. The molecule has 7 heteroatoms. The summed E-state index contributed by atoms with van der Waals surface area (Å²) < 4.78 is 10.6. The molecule has 1 aromatic carbocycles. The van der Waals surface area contributed by atoms with Gasteiger partial charge in [0, 0.05) is 38.0 Å². The number of hydrogen-bond donors (Lipinski definition) is 0. The van der Waals surface area contributed by atoms with Crippen LogP contribution in [0.15, 0.2) is 39.5 Å². The number of morpholine rings is 1. The van der Waals surface area contributed by atoms with Gasteiger partial charge in [-0.15, -0.1) is 0 Å². The lowest BCUT2D eigenvalue weighted by Crippen LogP contribution is -2.43. The summed E-state index contributed by atoms with van der Waals surface area (Å²) in [6, 6.07) is 8.80. The number of piperidine rings is 1. The minimum absolute atomic E-state index is 0.0775. The monoisotopic (exact) mass is 398 g/mol. The van der Waals surface area contributed by atoms with Gasteiger partial charge in [0.25, 0.3) is 5.91 Å². The van der Waals surface area contributed by atoms with Crippen molar-refractivity contribution in [3.05, 3.63) is 46.3 Å². The maximum Gasteiger partial charge on any atom is 0.349 e. The molecule has 3 heterocycles. The fourth-order valence-corrected chi connectivity index (χ4v) is 4.17. The highest BCUT2D eigenvalue weighted by Crippen LogP contribution is 2.23. The molecule has 0 aliphatic carbocycles. The lowest BCUT2D eigenvalue weighted by molar-refractivity contribution is -0.135. The zero-order valence-electron chi connectivity index (χ0n) is 16.5. The normalized spacial score (nSPS) is 20.1. The molecule has 2 aliphatic rings. The van der Waals surface area contributed by atoms with Crippen LogP contribution in [-0.4, -0.2) is 61.0 Å². The molecule has 7 nitrogen and oxygen atoms in total. The third-order valence-corrected chi connectivity index (χ3v) is 5.81. The number of benzene rings is 1. The summed E-state index contributed by atoms with van der Waals surface area (Å²) >= 11 is 0. The number of carbonyl (C=O) groups is 2. The number of hydrogen-bond acceptors (Lipinski definition) is 5. The number of rotatable bonds is 4. The Morgan fingerprint density at radius 1 is 1.07 bits per heavy atom. The minimum atomic E-state index is -0.599. The van der Waals surface area contributed by atoms with E-state index < -0.39 is 5.63 Å². The number of nitrogens with zero attached hydrogens (tertiary/aromatic N) is 2. The Labute approximate surface area is 169 Å². The van der Waals surface area contributed by atoms with Gasteiger partial charge in [-0.05, 0) is 37.3 Å². The van der Waals surface area contributed by atoms with Crippen LogP contribution in [0.3, 0.4) is 0 Å². The Kier molecular flexibility index (Phi) is 5.94. The quantitative estimate of drug-likeness (QED) is 0.739. The van der Waals surface area contributed by atoms with E-state index in [0.29, 0.717) is 51.4 Å². The molecule has 0 unspecified atom stereocenters. The fourth-order valence-electron chi connectivity index (χ4n) is 4.17. The zero-order chi connectivity index (χ0) is 20.2.